The Labute approximate surface area is 164 Å². The molecule has 1 heterocycles. The zero-order chi connectivity index (χ0) is 19.8. The first-order valence-corrected chi connectivity index (χ1v) is 9.09. The number of nitrogens with zero attached hydrogens (tertiary/aromatic N) is 2. The summed E-state index contributed by atoms with van der Waals surface area (Å²) in [6.45, 7) is 2.64. The summed E-state index contributed by atoms with van der Waals surface area (Å²) in [5, 5.41) is 4.09. The van der Waals surface area contributed by atoms with Crippen LogP contribution in [-0.2, 0) is 0 Å². The number of aromatic nitrogens is 1. The van der Waals surface area contributed by atoms with Gasteiger partial charge in [-0.05, 0) is 54.4 Å². The molecular formula is C22H23N3O3. The molecule has 1 amide bonds. The largest absolute Gasteiger partial charge is 0.493 e. The lowest BCUT2D eigenvalue weighted by atomic mass is 10.1. The maximum atomic E-state index is 12.6. The molecule has 0 radical (unpaired) electrons. The van der Waals surface area contributed by atoms with Gasteiger partial charge in [0, 0.05) is 12.4 Å². The van der Waals surface area contributed by atoms with E-state index in [1.165, 1.54) is 0 Å². The molecule has 0 fully saturated rings. The van der Waals surface area contributed by atoms with Gasteiger partial charge in [0.05, 0.1) is 31.2 Å². The van der Waals surface area contributed by atoms with Gasteiger partial charge in [-0.25, -0.2) is 5.43 Å². The van der Waals surface area contributed by atoms with Crippen LogP contribution in [0.1, 0.15) is 29.3 Å². The highest BCUT2D eigenvalue weighted by Gasteiger charge is 2.11. The van der Waals surface area contributed by atoms with Gasteiger partial charge in [-0.1, -0.05) is 19.1 Å². The van der Waals surface area contributed by atoms with Crippen LogP contribution in [-0.4, -0.2) is 30.4 Å². The maximum absolute atomic E-state index is 12.6. The van der Waals surface area contributed by atoms with Crippen LogP contribution >= 0.6 is 0 Å². The fraction of sp³-hybridized carbons (Fsp3) is 0.182. The van der Waals surface area contributed by atoms with Gasteiger partial charge in [-0.15, -0.1) is 0 Å². The lowest BCUT2D eigenvalue weighted by Gasteiger charge is -2.10. The number of hydrogen-bond acceptors (Lipinski definition) is 4. The molecule has 0 saturated heterocycles. The molecule has 3 rings (SSSR count). The number of methoxy groups -OCH3 is 1. The Morgan fingerprint density at radius 2 is 1.89 bits per heavy atom. The quantitative estimate of drug-likeness (QED) is 0.476. The minimum Gasteiger partial charge on any atom is -0.493 e. The first-order chi connectivity index (χ1) is 13.7. The van der Waals surface area contributed by atoms with Crippen LogP contribution in [0.15, 0.2) is 72.1 Å². The third-order valence-corrected chi connectivity index (χ3v) is 4.06. The summed E-state index contributed by atoms with van der Waals surface area (Å²) < 4.78 is 12.9. The van der Waals surface area contributed by atoms with Crippen LogP contribution < -0.4 is 14.9 Å². The number of carbonyl (C=O) groups is 1. The molecule has 1 aromatic heterocycles. The highest BCUT2D eigenvalue weighted by atomic mass is 16.5. The molecule has 6 nitrogen and oxygen atoms in total. The van der Waals surface area contributed by atoms with Crippen LogP contribution in [0.4, 0.5) is 0 Å². The number of ether oxygens (including phenoxy) is 2. The highest BCUT2D eigenvalue weighted by molar-refractivity contribution is 5.98. The SMILES string of the molecule is CCCOc1cc(/C=N\NC(=O)c2ccccc2-n2cccc2)ccc1OC. The van der Waals surface area contributed by atoms with Crippen LogP contribution in [0.5, 0.6) is 11.5 Å². The van der Waals surface area contributed by atoms with E-state index in [2.05, 4.69) is 10.5 Å². The number of hydrogen-bond donors (Lipinski definition) is 1. The van der Waals surface area contributed by atoms with Gasteiger partial charge >= 0.3 is 0 Å². The number of hydrazone groups is 1. The Balaban J connectivity index is 1.72. The fourth-order valence-corrected chi connectivity index (χ4v) is 2.71. The molecular weight excluding hydrogens is 354 g/mol. The van der Waals surface area contributed by atoms with Crippen molar-refractivity contribution in [3.63, 3.8) is 0 Å². The molecule has 0 saturated carbocycles. The lowest BCUT2D eigenvalue weighted by Crippen LogP contribution is -2.19. The third kappa shape index (κ3) is 4.59. The van der Waals surface area contributed by atoms with E-state index in [9.17, 15) is 4.79 Å². The predicted molar refractivity (Wildman–Crippen MR) is 110 cm³/mol. The van der Waals surface area contributed by atoms with E-state index in [4.69, 9.17) is 9.47 Å². The molecule has 6 heteroatoms. The van der Waals surface area contributed by atoms with Gasteiger partial charge in [0.15, 0.2) is 11.5 Å². The number of benzene rings is 2. The molecule has 2 aromatic carbocycles. The Bertz CT molecular complexity index is 949. The fourth-order valence-electron chi connectivity index (χ4n) is 2.71. The van der Waals surface area contributed by atoms with Gasteiger partial charge < -0.3 is 14.0 Å². The number of nitrogens with one attached hydrogen (secondary N) is 1. The zero-order valence-electron chi connectivity index (χ0n) is 16.0. The van der Waals surface area contributed by atoms with Gasteiger partial charge in [0.2, 0.25) is 0 Å². The van der Waals surface area contributed by atoms with Crippen LogP contribution in [0.25, 0.3) is 5.69 Å². The monoisotopic (exact) mass is 377 g/mol. The Hall–Kier alpha value is -3.54. The molecule has 1 N–H and O–H groups in total. The Morgan fingerprint density at radius 3 is 2.64 bits per heavy atom. The number of carbonyl (C=O) groups excluding carboxylic acids is 1. The van der Waals surface area contributed by atoms with E-state index in [1.807, 2.05) is 72.4 Å². The van der Waals surface area contributed by atoms with Crippen molar-refractivity contribution in [1.29, 1.82) is 0 Å². The summed E-state index contributed by atoms with van der Waals surface area (Å²) in [6, 6.07) is 16.7. The topological polar surface area (TPSA) is 64.8 Å². The van der Waals surface area contributed by atoms with Crippen molar-refractivity contribution in [1.82, 2.24) is 9.99 Å². The molecule has 0 bridgehead atoms. The number of para-hydroxylation sites is 1. The predicted octanol–water partition coefficient (Wildman–Crippen LogP) is 4.04. The summed E-state index contributed by atoms with van der Waals surface area (Å²) in [5.41, 5.74) is 4.71. The molecule has 0 aliphatic carbocycles. The molecule has 0 aliphatic rings. The summed E-state index contributed by atoms with van der Waals surface area (Å²) in [6.07, 6.45) is 6.27. The smallest absolute Gasteiger partial charge is 0.273 e. The summed E-state index contributed by atoms with van der Waals surface area (Å²) in [7, 11) is 1.60. The average Bonchev–Trinajstić information content (AvgIpc) is 3.27. The van der Waals surface area contributed by atoms with Crippen molar-refractivity contribution in [3.8, 4) is 17.2 Å². The third-order valence-electron chi connectivity index (χ3n) is 4.06. The van der Waals surface area contributed by atoms with Crippen molar-refractivity contribution < 1.29 is 14.3 Å². The van der Waals surface area contributed by atoms with Crippen LogP contribution in [0.2, 0.25) is 0 Å². The summed E-state index contributed by atoms with van der Waals surface area (Å²) >= 11 is 0. The summed E-state index contributed by atoms with van der Waals surface area (Å²) in [5.74, 6) is 1.03. The number of rotatable bonds is 8. The van der Waals surface area contributed by atoms with Crippen molar-refractivity contribution in [2.45, 2.75) is 13.3 Å². The van der Waals surface area contributed by atoms with Crippen molar-refractivity contribution in [2.75, 3.05) is 13.7 Å². The van der Waals surface area contributed by atoms with Crippen LogP contribution in [0.3, 0.4) is 0 Å². The molecule has 3 aromatic rings. The average molecular weight is 377 g/mol. The van der Waals surface area contributed by atoms with Gasteiger partial charge in [-0.2, -0.15) is 5.10 Å². The van der Waals surface area contributed by atoms with Crippen molar-refractivity contribution >= 4 is 12.1 Å². The highest BCUT2D eigenvalue weighted by Crippen LogP contribution is 2.27. The molecule has 0 atom stereocenters. The van der Waals surface area contributed by atoms with Gasteiger partial charge in [-0.3, -0.25) is 4.79 Å². The van der Waals surface area contributed by atoms with Gasteiger partial charge in [0.1, 0.15) is 0 Å². The molecule has 28 heavy (non-hydrogen) atoms. The second-order valence-electron chi connectivity index (χ2n) is 6.07. The van der Waals surface area contributed by atoms with E-state index in [0.717, 1.165) is 17.7 Å². The van der Waals surface area contributed by atoms with E-state index in [-0.39, 0.29) is 5.91 Å². The van der Waals surface area contributed by atoms with E-state index >= 15 is 0 Å². The first kappa shape index (κ1) is 19.2. The second-order valence-corrected chi connectivity index (χ2v) is 6.07. The molecule has 0 spiro atoms. The van der Waals surface area contributed by atoms with E-state index < -0.39 is 0 Å². The maximum Gasteiger partial charge on any atom is 0.273 e. The molecule has 0 aliphatic heterocycles. The van der Waals surface area contributed by atoms with Crippen molar-refractivity contribution in [3.05, 3.63) is 78.1 Å². The number of amides is 1. The Kier molecular flexibility index (Phi) is 6.46. The minimum atomic E-state index is -0.281. The van der Waals surface area contributed by atoms with Gasteiger partial charge in [0.25, 0.3) is 5.91 Å². The lowest BCUT2D eigenvalue weighted by molar-refractivity contribution is 0.0955. The summed E-state index contributed by atoms with van der Waals surface area (Å²) in [4.78, 5) is 12.6. The molecule has 144 valence electrons. The second kappa shape index (κ2) is 9.41. The molecule has 0 unspecified atom stereocenters. The van der Waals surface area contributed by atoms with Crippen molar-refractivity contribution in [2.24, 2.45) is 5.10 Å². The van der Waals surface area contributed by atoms with E-state index in [0.29, 0.717) is 23.7 Å². The zero-order valence-corrected chi connectivity index (χ0v) is 16.0. The standard InChI is InChI=1S/C22H23N3O3/c1-3-14-28-21-15-17(10-11-20(21)27-2)16-23-24-22(26)18-8-4-5-9-19(18)25-12-6-7-13-25/h4-13,15-16H,3,14H2,1-2H3,(H,24,26)/b23-16-. The Morgan fingerprint density at radius 1 is 1.11 bits per heavy atom. The first-order valence-electron chi connectivity index (χ1n) is 9.09. The normalized spacial score (nSPS) is 10.8. The van der Waals surface area contributed by atoms with Crippen LogP contribution in [0, 0.1) is 0 Å². The minimum absolute atomic E-state index is 0.281. The van der Waals surface area contributed by atoms with E-state index in [1.54, 1.807) is 19.4 Å².